The first-order valence-corrected chi connectivity index (χ1v) is 10.3. The molecule has 1 N–H and O–H groups in total. The molecule has 0 aliphatic rings. The van der Waals surface area contributed by atoms with Crippen LogP contribution in [0.3, 0.4) is 0 Å². The lowest BCUT2D eigenvalue weighted by Crippen LogP contribution is -2.13. The Hall–Kier alpha value is -3.18. The van der Waals surface area contributed by atoms with Gasteiger partial charge in [-0.2, -0.15) is 5.26 Å². The molecular weight excluding hydrogens is 450 g/mol. The van der Waals surface area contributed by atoms with Crippen molar-refractivity contribution >= 4 is 39.3 Å². The van der Waals surface area contributed by atoms with Crippen LogP contribution < -0.4 is 10.1 Å². The molecule has 0 aliphatic heterocycles. The molecule has 1 amide bonds. The van der Waals surface area contributed by atoms with Gasteiger partial charge in [-0.15, -0.1) is 0 Å². The Morgan fingerprint density at radius 1 is 1.27 bits per heavy atom. The minimum Gasteiger partial charge on any atom is -0.493 e. The number of halogens is 1. The summed E-state index contributed by atoms with van der Waals surface area (Å²) in [6.07, 6.45) is 5.72. The Bertz CT molecular complexity index is 983. The predicted octanol–water partition coefficient (Wildman–Crippen LogP) is 5.86. The van der Waals surface area contributed by atoms with E-state index in [1.807, 2.05) is 12.1 Å². The molecule has 0 atom stereocenters. The van der Waals surface area contributed by atoms with Crippen molar-refractivity contribution in [2.45, 2.75) is 32.6 Å². The third kappa shape index (κ3) is 7.01. The molecule has 30 heavy (non-hydrogen) atoms. The van der Waals surface area contributed by atoms with Crippen molar-refractivity contribution in [3.05, 3.63) is 68.2 Å². The molecule has 0 spiro atoms. The SMILES string of the molecule is CCCCCCOc1ccc(Br)cc1/C=C(/C#N)C(=O)Nc1cccc([N+](=O)[O-])c1. The molecule has 0 radical (unpaired) electrons. The quantitative estimate of drug-likeness (QED) is 0.153. The second kappa shape index (κ2) is 11.7. The number of unbranched alkanes of at least 4 members (excludes halogenated alkanes) is 3. The molecule has 0 fully saturated rings. The number of hydrogen-bond donors (Lipinski definition) is 1. The molecule has 0 aromatic heterocycles. The Labute approximate surface area is 183 Å². The molecule has 0 unspecified atom stereocenters. The van der Waals surface area contributed by atoms with Gasteiger partial charge in [-0.05, 0) is 36.8 Å². The zero-order chi connectivity index (χ0) is 21.9. The van der Waals surface area contributed by atoms with Crippen molar-refractivity contribution in [2.75, 3.05) is 11.9 Å². The summed E-state index contributed by atoms with van der Waals surface area (Å²) in [6, 6.07) is 12.8. The second-order valence-corrected chi connectivity index (χ2v) is 7.44. The number of anilines is 1. The number of carbonyl (C=O) groups is 1. The van der Waals surface area contributed by atoms with Gasteiger partial charge in [0.1, 0.15) is 17.4 Å². The molecule has 8 heteroatoms. The van der Waals surface area contributed by atoms with Gasteiger partial charge in [-0.25, -0.2) is 0 Å². The summed E-state index contributed by atoms with van der Waals surface area (Å²) >= 11 is 3.39. The van der Waals surface area contributed by atoms with Crippen molar-refractivity contribution in [1.82, 2.24) is 0 Å². The summed E-state index contributed by atoms with van der Waals surface area (Å²) in [4.78, 5) is 22.9. The Morgan fingerprint density at radius 3 is 2.77 bits per heavy atom. The van der Waals surface area contributed by atoms with Crippen LogP contribution in [0.4, 0.5) is 11.4 Å². The molecule has 0 aliphatic carbocycles. The average molecular weight is 472 g/mol. The van der Waals surface area contributed by atoms with Crippen LogP contribution in [0.25, 0.3) is 6.08 Å². The van der Waals surface area contributed by atoms with Gasteiger partial charge < -0.3 is 10.1 Å². The fourth-order valence-corrected chi connectivity index (χ4v) is 3.05. The van der Waals surface area contributed by atoms with Crippen molar-refractivity contribution in [3.8, 4) is 11.8 Å². The van der Waals surface area contributed by atoms with Crippen LogP contribution >= 0.6 is 15.9 Å². The van der Waals surface area contributed by atoms with Gasteiger partial charge in [0, 0.05) is 27.9 Å². The first kappa shape index (κ1) is 23.1. The van der Waals surface area contributed by atoms with Gasteiger partial charge >= 0.3 is 0 Å². The van der Waals surface area contributed by atoms with E-state index in [0.717, 1.165) is 30.2 Å². The summed E-state index contributed by atoms with van der Waals surface area (Å²) in [5.41, 5.74) is 0.527. The Balaban J connectivity index is 2.19. The molecular formula is C22H22BrN3O4. The third-order valence-electron chi connectivity index (χ3n) is 4.21. The second-order valence-electron chi connectivity index (χ2n) is 6.52. The van der Waals surface area contributed by atoms with E-state index in [2.05, 4.69) is 28.2 Å². The molecule has 2 aromatic rings. The fraction of sp³-hybridized carbons (Fsp3) is 0.273. The lowest BCUT2D eigenvalue weighted by atomic mass is 10.1. The minimum absolute atomic E-state index is 0.143. The van der Waals surface area contributed by atoms with Gasteiger partial charge in [0.05, 0.1) is 11.5 Å². The Kier molecular flexibility index (Phi) is 9.03. The minimum atomic E-state index is -0.660. The van der Waals surface area contributed by atoms with E-state index in [-0.39, 0.29) is 16.9 Å². The van der Waals surface area contributed by atoms with E-state index in [0.29, 0.717) is 17.9 Å². The summed E-state index contributed by atoms with van der Waals surface area (Å²) < 4.78 is 6.62. The molecule has 0 heterocycles. The highest BCUT2D eigenvalue weighted by Crippen LogP contribution is 2.26. The highest BCUT2D eigenvalue weighted by molar-refractivity contribution is 9.10. The van der Waals surface area contributed by atoms with Crippen LogP contribution in [-0.4, -0.2) is 17.4 Å². The molecule has 0 saturated heterocycles. The maximum atomic E-state index is 12.5. The van der Waals surface area contributed by atoms with Crippen LogP contribution in [0.5, 0.6) is 5.75 Å². The number of non-ortho nitro benzene ring substituents is 1. The van der Waals surface area contributed by atoms with Gasteiger partial charge in [-0.1, -0.05) is 48.2 Å². The normalized spacial score (nSPS) is 10.9. The number of hydrogen-bond acceptors (Lipinski definition) is 5. The Morgan fingerprint density at radius 2 is 2.07 bits per heavy atom. The zero-order valence-corrected chi connectivity index (χ0v) is 18.1. The number of nitriles is 1. The molecule has 7 nitrogen and oxygen atoms in total. The van der Waals surface area contributed by atoms with Crippen LogP contribution in [0, 0.1) is 21.4 Å². The van der Waals surface area contributed by atoms with Crippen LogP contribution in [0.2, 0.25) is 0 Å². The number of ether oxygens (including phenoxy) is 1. The largest absolute Gasteiger partial charge is 0.493 e. The fourth-order valence-electron chi connectivity index (χ4n) is 2.67. The van der Waals surface area contributed by atoms with E-state index in [1.54, 1.807) is 12.1 Å². The van der Waals surface area contributed by atoms with Gasteiger partial charge in [-0.3, -0.25) is 14.9 Å². The number of amides is 1. The smallest absolute Gasteiger partial charge is 0.271 e. The van der Waals surface area contributed by atoms with E-state index < -0.39 is 10.8 Å². The number of nitro groups is 1. The standard InChI is InChI=1S/C22H22BrN3O4/c1-2-3-4-5-11-30-21-10-9-18(23)13-16(21)12-17(15-24)22(27)25-19-7-6-8-20(14-19)26(28)29/h6-10,12-14H,2-5,11H2,1H3,(H,25,27)/b17-12-. The van der Waals surface area contributed by atoms with E-state index in [9.17, 15) is 20.2 Å². The number of rotatable bonds is 10. The molecule has 2 aromatic carbocycles. The number of nitro benzene ring substituents is 1. The molecule has 2 rings (SSSR count). The number of nitrogens with one attached hydrogen (secondary N) is 1. The summed E-state index contributed by atoms with van der Waals surface area (Å²) in [6.45, 7) is 2.69. The maximum absolute atomic E-state index is 12.5. The van der Waals surface area contributed by atoms with Crippen molar-refractivity contribution in [3.63, 3.8) is 0 Å². The highest BCUT2D eigenvalue weighted by atomic mass is 79.9. The first-order chi connectivity index (χ1) is 14.4. The average Bonchev–Trinajstić information content (AvgIpc) is 2.73. The third-order valence-corrected chi connectivity index (χ3v) is 4.70. The van der Waals surface area contributed by atoms with Gasteiger partial charge in [0.25, 0.3) is 11.6 Å². The van der Waals surface area contributed by atoms with Crippen LogP contribution in [0.1, 0.15) is 38.2 Å². The van der Waals surface area contributed by atoms with Gasteiger partial charge in [0.15, 0.2) is 0 Å². The predicted molar refractivity (Wildman–Crippen MR) is 119 cm³/mol. The topological polar surface area (TPSA) is 105 Å². The lowest BCUT2D eigenvalue weighted by molar-refractivity contribution is -0.384. The maximum Gasteiger partial charge on any atom is 0.271 e. The lowest BCUT2D eigenvalue weighted by Gasteiger charge is -2.10. The van der Waals surface area contributed by atoms with Crippen LogP contribution in [-0.2, 0) is 4.79 Å². The first-order valence-electron chi connectivity index (χ1n) is 9.54. The number of benzene rings is 2. The van der Waals surface area contributed by atoms with E-state index in [4.69, 9.17) is 4.74 Å². The monoisotopic (exact) mass is 471 g/mol. The summed E-state index contributed by atoms with van der Waals surface area (Å²) in [7, 11) is 0. The summed E-state index contributed by atoms with van der Waals surface area (Å²) in [5, 5.41) is 22.9. The van der Waals surface area contributed by atoms with E-state index in [1.165, 1.54) is 30.3 Å². The van der Waals surface area contributed by atoms with Crippen molar-refractivity contribution in [2.24, 2.45) is 0 Å². The van der Waals surface area contributed by atoms with E-state index >= 15 is 0 Å². The number of carbonyl (C=O) groups excluding carboxylic acids is 1. The number of nitrogens with zero attached hydrogens (tertiary/aromatic N) is 2. The molecule has 0 saturated carbocycles. The summed E-state index contributed by atoms with van der Waals surface area (Å²) in [5.74, 6) is -0.0857. The zero-order valence-electron chi connectivity index (χ0n) is 16.6. The van der Waals surface area contributed by atoms with Gasteiger partial charge in [0.2, 0.25) is 0 Å². The molecule has 0 bridgehead atoms. The van der Waals surface area contributed by atoms with Crippen molar-refractivity contribution < 1.29 is 14.5 Å². The van der Waals surface area contributed by atoms with Crippen molar-refractivity contribution in [1.29, 1.82) is 5.26 Å². The van der Waals surface area contributed by atoms with Crippen LogP contribution in [0.15, 0.2) is 52.5 Å². The highest BCUT2D eigenvalue weighted by Gasteiger charge is 2.14. The molecule has 156 valence electrons.